The Morgan fingerprint density at radius 2 is 1.70 bits per heavy atom. The molecular formula is C17H29ClN2O2S. The molecule has 1 unspecified atom stereocenters. The number of nitrogens with zero attached hydrogens (tertiary/aromatic N) is 1. The highest BCUT2D eigenvalue weighted by Crippen LogP contribution is 2.32. The lowest BCUT2D eigenvalue weighted by Gasteiger charge is -2.41. The van der Waals surface area contributed by atoms with Gasteiger partial charge in [0.15, 0.2) is 0 Å². The van der Waals surface area contributed by atoms with E-state index in [2.05, 4.69) is 20.8 Å². The standard InChI is InChI=1S/C17H28N2O2S.ClH/c1-16(2,3)13-6-8-14(9-7-13)22(20,21)19-11-10-15(18)17(4,5)12-19;/h6-9,15H,10-12,18H2,1-5H3;1H. The predicted molar refractivity (Wildman–Crippen MR) is 97.5 cm³/mol. The van der Waals surface area contributed by atoms with E-state index in [0.717, 1.165) is 5.56 Å². The van der Waals surface area contributed by atoms with Crippen molar-refractivity contribution in [2.75, 3.05) is 13.1 Å². The van der Waals surface area contributed by atoms with Gasteiger partial charge in [-0.15, -0.1) is 12.4 Å². The van der Waals surface area contributed by atoms with Crippen molar-refractivity contribution in [3.63, 3.8) is 0 Å². The molecule has 6 heteroatoms. The van der Waals surface area contributed by atoms with Gasteiger partial charge in [0.2, 0.25) is 10.0 Å². The van der Waals surface area contributed by atoms with Gasteiger partial charge in [-0.25, -0.2) is 8.42 Å². The molecule has 132 valence electrons. The SMILES string of the molecule is CC(C)(C)c1ccc(S(=O)(=O)N2CCC(N)C(C)(C)C2)cc1.Cl. The molecule has 0 saturated carbocycles. The van der Waals surface area contributed by atoms with E-state index in [0.29, 0.717) is 24.4 Å². The van der Waals surface area contributed by atoms with Crippen molar-refractivity contribution < 1.29 is 8.42 Å². The molecular weight excluding hydrogens is 332 g/mol. The summed E-state index contributed by atoms with van der Waals surface area (Å²) < 4.78 is 27.2. The van der Waals surface area contributed by atoms with Crippen LogP contribution in [0.3, 0.4) is 0 Å². The van der Waals surface area contributed by atoms with Gasteiger partial charge >= 0.3 is 0 Å². The number of hydrogen-bond acceptors (Lipinski definition) is 3. The molecule has 1 saturated heterocycles. The van der Waals surface area contributed by atoms with E-state index in [1.54, 1.807) is 16.4 Å². The fourth-order valence-electron chi connectivity index (χ4n) is 2.81. The second-order valence-electron chi connectivity index (χ2n) is 8.00. The first-order chi connectivity index (χ1) is 9.94. The average molecular weight is 361 g/mol. The van der Waals surface area contributed by atoms with Crippen LogP contribution >= 0.6 is 12.4 Å². The molecule has 1 aliphatic rings. The number of hydrogen-bond donors (Lipinski definition) is 1. The van der Waals surface area contributed by atoms with Crippen LogP contribution in [0.5, 0.6) is 0 Å². The molecule has 0 aromatic heterocycles. The molecule has 0 bridgehead atoms. The number of rotatable bonds is 2. The van der Waals surface area contributed by atoms with Gasteiger partial charge in [0, 0.05) is 19.1 Å². The van der Waals surface area contributed by atoms with Gasteiger partial charge in [-0.2, -0.15) is 4.31 Å². The maximum absolute atomic E-state index is 12.8. The highest BCUT2D eigenvalue weighted by molar-refractivity contribution is 7.89. The van der Waals surface area contributed by atoms with Crippen molar-refractivity contribution >= 4 is 22.4 Å². The van der Waals surface area contributed by atoms with E-state index >= 15 is 0 Å². The zero-order valence-electron chi connectivity index (χ0n) is 14.7. The number of piperidine rings is 1. The summed E-state index contributed by atoms with van der Waals surface area (Å²) in [5, 5.41) is 0. The van der Waals surface area contributed by atoms with E-state index in [4.69, 9.17) is 5.73 Å². The molecule has 1 fully saturated rings. The first-order valence-electron chi connectivity index (χ1n) is 7.81. The Bertz CT molecular complexity index is 634. The van der Waals surface area contributed by atoms with E-state index in [9.17, 15) is 8.42 Å². The zero-order chi connectivity index (χ0) is 16.8. The minimum absolute atomic E-state index is 0. The van der Waals surface area contributed by atoms with Crippen LogP contribution in [-0.2, 0) is 15.4 Å². The number of sulfonamides is 1. The van der Waals surface area contributed by atoms with Crippen LogP contribution in [-0.4, -0.2) is 31.9 Å². The Kier molecular flexibility index (Phi) is 5.96. The molecule has 1 aromatic rings. The van der Waals surface area contributed by atoms with Crippen molar-refractivity contribution in [2.24, 2.45) is 11.1 Å². The van der Waals surface area contributed by atoms with Crippen LogP contribution in [0.4, 0.5) is 0 Å². The minimum Gasteiger partial charge on any atom is -0.327 e. The highest BCUT2D eigenvalue weighted by Gasteiger charge is 2.38. The van der Waals surface area contributed by atoms with Crippen molar-refractivity contribution in [2.45, 2.75) is 57.4 Å². The monoisotopic (exact) mass is 360 g/mol. The summed E-state index contributed by atoms with van der Waals surface area (Å²) in [6.45, 7) is 11.4. The fraction of sp³-hybridized carbons (Fsp3) is 0.647. The van der Waals surface area contributed by atoms with Gasteiger partial charge < -0.3 is 5.73 Å². The van der Waals surface area contributed by atoms with Gasteiger partial charge in [-0.1, -0.05) is 46.8 Å². The summed E-state index contributed by atoms with van der Waals surface area (Å²) in [6.07, 6.45) is 0.701. The summed E-state index contributed by atoms with van der Waals surface area (Å²) in [5.74, 6) is 0. The molecule has 2 N–H and O–H groups in total. The van der Waals surface area contributed by atoms with E-state index in [1.807, 2.05) is 26.0 Å². The molecule has 1 atom stereocenters. The molecule has 1 heterocycles. The van der Waals surface area contributed by atoms with E-state index in [1.165, 1.54) is 0 Å². The number of nitrogens with two attached hydrogens (primary N) is 1. The quantitative estimate of drug-likeness (QED) is 0.881. The molecule has 4 nitrogen and oxygen atoms in total. The van der Waals surface area contributed by atoms with Gasteiger partial charge in [-0.05, 0) is 34.9 Å². The summed E-state index contributed by atoms with van der Waals surface area (Å²) in [7, 11) is -3.44. The average Bonchev–Trinajstić information content (AvgIpc) is 2.41. The van der Waals surface area contributed by atoms with Crippen LogP contribution in [0.1, 0.15) is 46.6 Å². The molecule has 23 heavy (non-hydrogen) atoms. The normalized spacial score (nSPS) is 22.4. The maximum Gasteiger partial charge on any atom is 0.243 e. The van der Waals surface area contributed by atoms with E-state index in [-0.39, 0.29) is 29.3 Å². The van der Waals surface area contributed by atoms with Gasteiger partial charge in [-0.3, -0.25) is 0 Å². The lowest BCUT2D eigenvalue weighted by molar-refractivity contribution is 0.155. The third-order valence-electron chi connectivity index (χ3n) is 4.64. The summed E-state index contributed by atoms with van der Waals surface area (Å²) in [4.78, 5) is 0.367. The van der Waals surface area contributed by atoms with Crippen LogP contribution in [0.15, 0.2) is 29.2 Å². The minimum atomic E-state index is -3.44. The Morgan fingerprint density at radius 3 is 2.13 bits per heavy atom. The molecule has 2 rings (SSSR count). The zero-order valence-corrected chi connectivity index (χ0v) is 16.3. The van der Waals surface area contributed by atoms with Crippen LogP contribution in [0.25, 0.3) is 0 Å². The van der Waals surface area contributed by atoms with Crippen molar-refractivity contribution in [1.29, 1.82) is 0 Å². The van der Waals surface area contributed by atoms with Crippen molar-refractivity contribution in [3.05, 3.63) is 29.8 Å². The first kappa shape index (κ1) is 20.4. The summed E-state index contributed by atoms with van der Waals surface area (Å²) >= 11 is 0. The third-order valence-corrected chi connectivity index (χ3v) is 6.49. The third kappa shape index (κ3) is 4.27. The molecule has 0 radical (unpaired) electrons. The molecule has 0 spiro atoms. The van der Waals surface area contributed by atoms with Crippen LogP contribution in [0.2, 0.25) is 0 Å². The maximum atomic E-state index is 12.8. The fourth-order valence-corrected chi connectivity index (χ4v) is 4.43. The molecule has 0 aliphatic carbocycles. The highest BCUT2D eigenvalue weighted by atomic mass is 35.5. The summed E-state index contributed by atoms with van der Waals surface area (Å²) in [5.41, 5.74) is 7.05. The smallest absolute Gasteiger partial charge is 0.243 e. The number of halogens is 1. The molecule has 0 amide bonds. The first-order valence-corrected chi connectivity index (χ1v) is 9.25. The Morgan fingerprint density at radius 1 is 1.17 bits per heavy atom. The van der Waals surface area contributed by atoms with Crippen molar-refractivity contribution in [3.8, 4) is 0 Å². The Balaban J connectivity index is 0.00000264. The predicted octanol–water partition coefficient (Wildman–Crippen LogP) is 3.15. The van der Waals surface area contributed by atoms with Crippen LogP contribution < -0.4 is 5.73 Å². The van der Waals surface area contributed by atoms with Gasteiger partial charge in [0.1, 0.15) is 0 Å². The second-order valence-corrected chi connectivity index (χ2v) is 9.93. The van der Waals surface area contributed by atoms with Gasteiger partial charge in [0.25, 0.3) is 0 Å². The number of benzene rings is 1. The summed E-state index contributed by atoms with van der Waals surface area (Å²) in [6, 6.07) is 7.30. The Hall–Kier alpha value is -0.620. The lowest BCUT2D eigenvalue weighted by Crippen LogP contribution is -2.53. The largest absolute Gasteiger partial charge is 0.327 e. The molecule has 1 aliphatic heterocycles. The molecule has 1 aromatic carbocycles. The second kappa shape index (κ2) is 6.71. The lowest BCUT2D eigenvalue weighted by atomic mass is 9.81. The van der Waals surface area contributed by atoms with Crippen LogP contribution in [0, 0.1) is 5.41 Å². The van der Waals surface area contributed by atoms with E-state index < -0.39 is 10.0 Å². The topological polar surface area (TPSA) is 63.4 Å². The van der Waals surface area contributed by atoms with Crippen molar-refractivity contribution in [1.82, 2.24) is 4.31 Å². The van der Waals surface area contributed by atoms with Gasteiger partial charge in [0.05, 0.1) is 4.90 Å². The Labute approximate surface area is 146 Å².